The van der Waals surface area contributed by atoms with Crippen LogP contribution in [0.1, 0.15) is 18.4 Å². The zero-order chi connectivity index (χ0) is 13.5. The van der Waals surface area contributed by atoms with Crippen LogP contribution >= 0.6 is 0 Å². The molecular formula is C12H13F2NO3. The van der Waals surface area contributed by atoms with E-state index in [0.717, 1.165) is 12.1 Å². The lowest BCUT2D eigenvalue weighted by molar-refractivity contribution is -0.136. The number of benzene rings is 1. The van der Waals surface area contributed by atoms with E-state index in [0.29, 0.717) is 5.56 Å². The molecule has 0 saturated carbocycles. The van der Waals surface area contributed by atoms with Crippen molar-refractivity contribution in [2.75, 3.05) is 6.54 Å². The molecule has 0 fully saturated rings. The molecule has 98 valence electrons. The highest BCUT2D eigenvalue weighted by atomic mass is 19.2. The van der Waals surface area contributed by atoms with E-state index in [9.17, 15) is 18.4 Å². The molecule has 0 unspecified atom stereocenters. The van der Waals surface area contributed by atoms with Crippen molar-refractivity contribution in [3.05, 3.63) is 35.4 Å². The van der Waals surface area contributed by atoms with Crippen LogP contribution in [-0.2, 0) is 16.0 Å². The second-order valence-corrected chi connectivity index (χ2v) is 3.74. The molecule has 0 aromatic heterocycles. The monoisotopic (exact) mass is 257 g/mol. The first-order chi connectivity index (χ1) is 8.49. The Balaban J connectivity index is 2.33. The highest BCUT2D eigenvalue weighted by Crippen LogP contribution is 2.10. The number of aliphatic carboxylic acids is 1. The summed E-state index contributed by atoms with van der Waals surface area (Å²) < 4.78 is 25.5. The number of carboxylic acid groups (broad SMARTS) is 1. The van der Waals surface area contributed by atoms with Gasteiger partial charge in [-0.1, -0.05) is 6.07 Å². The Hall–Kier alpha value is -1.98. The van der Waals surface area contributed by atoms with Gasteiger partial charge in [0.25, 0.3) is 0 Å². The number of hydrogen-bond donors (Lipinski definition) is 2. The van der Waals surface area contributed by atoms with Gasteiger partial charge in [-0.25, -0.2) is 8.78 Å². The molecule has 0 aliphatic carbocycles. The summed E-state index contributed by atoms with van der Waals surface area (Å²) >= 11 is 0. The van der Waals surface area contributed by atoms with Gasteiger partial charge in [0.05, 0.1) is 6.42 Å². The molecule has 0 radical (unpaired) electrons. The number of nitrogens with one attached hydrogen (secondary N) is 1. The summed E-state index contributed by atoms with van der Waals surface area (Å²) in [6, 6.07) is 3.45. The molecule has 4 nitrogen and oxygen atoms in total. The van der Waals surface area contributed by atoms with Gasteiger partial charge in [0.1, 0.15) is 0 Å². The third-order valence-electron chi connectivity index (χ3n) is 2.29. The first kappa shape index (κ1) is 14.1. The van der Waals surface area contributed by atoms with Gasteiger partial charge in [-0.05, 0) is 24.1 Å². The van der Waals surface area contributed by atoms with Gasteiger partial charge in [-0.15, -0.1) is 0 Å². The first-order valence-corrected chi connectivity index (χ1v) is 5.41. The minimum Gasteiger partial charge on any atom is -0.481 e. The Bertz CT molecular complexity index is 449. The smallest absolute Gasteiger partial charge is 0.305 e. The number of halogens is 2. The van der Waals surface area contributed by atoms with E-state index in [1.54, 1.807) is 0 Å². The van der Waals surface area contributed by atoms with Crippen molar-refractivity contribution in [2.24, 2.45) is 0 Å². The molecule has 0 aliphatic rings. The Morgan fingerprint density at radius 2 is 1.89 bits per heavy atom. The quantitative estimate of drug-likeness (QED) is 0.811. The maximum atomic E-state index is 12.9. The van der Waals surface area contributed by atoms with E-state index < -0.39 is 17.6 Å². The van der Waals surface area contributed by atoms with Gasteiger partial charge in [0, 0.05) is 13.0 Å². The Morgan fingerprint density at radius 1 is 1.17 bits per heavy atom. The van der Waals surface area contributed by atoms with Crippen LogP contribution in [0.25, 0.3) is 0 Å². The number of carbonyl (C=O) groups excluding carboxylic acids is 1. The highest BCUT2D eigenvalue weighted by Gasteiger charge is 2.06. The van der Waals surface area contributed by atoms with Crippen molar-refractivity contribution in [3.63, 3.8) is 0 Å². The zero-order valence-corrected chi connectivity index (χ0v) is 9.58. The van der Waals surface area contributed by atoms with Crippen LogP contribution in [0.2, 0.25) is 0 Å². The average molecular weight is 257 g/mol. The number of carbonyl (C=O) groups is 2. The van der Waals surface area contributed by atoms with E-state index in [4.69, 9.17) is 5.11 Å². The van der Waals surface area contributed by atoms with Crippen molar-refractivity contribution < 1.29 is 23.5 Å². The molecule has 6 heteroatoms. The molecule has 0 heterocycles. The summed E-state index contributed by atoms with van der Waals surface area (Å²) in [4.78, 5) is 21.5. The van der Waals surface area contributed by atoms with Crippen LogP contribution in [0.4, 0.5) is 8.78 Å². The van der Waals surface area contributed by atoms with E-state index in [1.807, 2.05) is 0 Å². The van der Waals surface area contributed by atoms with Crippen LogP contribution in [0.15, 0.2) is 18.2 Å². The average Bonchev–Trinajstić information content (AvgIpc) is 2.30. The lowest BCUT2D eigenvalue weighted by Crippen LogP contribution is -2.26. The predicted molar refractivity (Wildman–Crippen MR) is 59.9 cm³/mol. The molecule has 2 N–H and O–H groups in total. The van der Waals surface area contributed by atoms with Crippen LogP contribution in [-0.4, -0.2) is 23.5 Å². The fourth-order valence-electron chi connectivity index (χ4n) is 1.35. The Labute approximate surface area is 103 Å². The van der Waals surface area contributed by atoms with E-state index in [1.165, 1.54) is 6.07 Å². The van der Waals surface area contributed by atoms with Crippen LogP contribution < -0.4 is 5.32 Å². The fraction of sp³-hybridized carbons (Fsp3) is 0.333. The minimum atomic E-state index is -0.990. The van der Waals surface area contributed by atoms with Crippen LogP contribution in [0.3, 0.4) is 0 Å². The number of rotatable bonds is 6. The standard InChI is InChI=1S/C12H13F2NO3/c13-9-3-1-8(7-10(9)14)2-4-11(16)15-6-5-12(17)18/h1,3,7H,2,4-6H2,(H,15,16)(H,17,18). The SMILES string of the molecule is O=C(O)CCNC(=O)CCc1ccc(F)c(F)c1. The normalized spacial score (nSPS) is 10.1. The third kappa shape index (κ3) is 4.90. The largest absolute Gasteiger partial charge is 0.481 e. The lowest BCUT2D eigenvalue weighted by Gasteiger charge is -2.04. The summed E-state index contributed by atoms with van der Waals surface area (Å²) in [5, 5.41) is 10.8. The second kappa shape index (κ2) is 6.68. The van der Waals surface area contributed by atoms with Gasteiger partial charge in [-0.2, -0.15) is 0 Å². The van der Waals surface area contributed by atoms with E-state index in [-0.39, 0.29) is 31.7 Å². The molecule has 0 spiro atoms. The number of carboxylic acids is 1. The molecule has 18 heavy (non-hydrogen) atoms. The van der Waals surface area contributed by atoms with Crippen molar-refractivity contribution in [3.8, 4) is 0 Å². The van der Waals surface area contributed by atoms with E-state index >= 15 is 0 Å². The zero-order valence-electron chi connectivity index (χ0n) is 9.58. The molecule has 0 saturated heterocycles. The maximum absolute atomic E-state index is 12.9. The molecule has 1 amide bonds. The molecular weight excluding hydrogens is 244 g/mol. The van der Waals surface area contributed by atoms with E-state index in [2.05, 4.69) is 5.32 Å². The van der Waals surface area contributed by atoms with Crippen LogP contribution in [0, 0.1) is 11.6 Å². The number of hydrogen-bond acceptors (Lipinski definition) is 2. The van der Waals surface area contributed by atoms with Crippen molar-refractivity contribution >= 4 is 11.9 Å². The lowest BCUT2D eigenvalue weighted by atomic mass is 10.1. The Kier molecular flexibility index (Phi) is 5.23. The Morgan fingerprint density at radius 3 is 2.50 bits per heavy atom. The van der Waals surface area contributed by atoms with Gasteiger partial charge < -0.3 is 10.4 Å². The van der Waals surface area contributed by atoms with Crippen molar-refractivity contribution in [2.45, 2.75) is 19.3 Å². The molecule has 0 atom stereocenters. The molecule has 0 bridgehead atoms. The summed E-state index contributed by atoms with van der Waals surface area (Å²) in [5.41, 5.74) is 0.516. The van der Waals surface area contributed by atoms with Gasteiger partial charge in [0.15, 0.2) is 11.6 Å². The fourth-order valence-corrected chi connectivity index (χ4v) is 1.35. The summed E-state index contributed by atoms with van der Waals surface area (Å²) in [6.45, 7) is 0.0615. The topological polar surface area (TPSA) is 66.4 Å². The summed E-state index contributed by atoms with van der Waals surface area (Å²) in [6.07, 6.45) is 0.234. The number of amides is 1. The molecule has 1 rings (SSSR count). The predicted octanol–water partition coefficient (Wildman–Crippen LogP) is 1.49. The minimum absolute atomic E-state index is 0.0615. The highest BCUT2D eigenvalue weighted by molar-refractivity contribution is 5.77. The summed E-state index contributed by atoms with van der Waals surface area (Å²) in [5.74, 6) is -3.18. The number of aryl methyl sites for hydroxylation is 1. The molecule has 1 aromatic rings. The summed E-state index contributed by atoms with van der Waals surface area (Å²) in [7, 11) is 0. The maximum Gasteiger partial charge on any atom is 0.305 e. The van der Waals surface area contributed by atoms with Gasteiger partial charge >= 0.3 is 5.97 Å². The van der Waals surface area contributed by atoms with Gasteiger partial charge in [0.2, 0.25) is 5.91 Å². The van der Waals surface area contributed by atoms with Gasteiger partial charge in [-0.3, -0.25) is 9.59 Å². The van der Waals surface area contributed by atoms with Crippen LogP contribution in [0.5, 0.6) is 0 Å². The van der Waals surface area contributed by atoms with Crippen molar-refractivity contribution in [1.82, 2.24) is 5.32 Å². The third-order valence-corrected chi connectivity index (χ3v) is 2.29. The molecule has 0 aliphatic heterocycles. The van der Waals surface area contributed by atoms with Crippen molar-refractivity contribution in [1.29, 1.82) is 0 Å². The first-order valence-electron chi connectivity index (χ1n) is 5.41. The second-order valence-electron chi connectivity index (χ2n) is 3.74. The molecule has 1 aromatic carbocycles.